The van der Waals surface area contributed by atoms with E-state index in [1.165, 1.54) is 11.1 Å². The highest BCUT2D eigenvalue weighted by Gasteiger charge is 2.50. The number of carbonyl (C=O) groups excluding carboxylic acids is 1. The van der Waals surface area contributed by atoms with Gasteiger partial charge in [-0.05, 0) is 49.3 Å². The van der Waals surface area contributed by atoms with Gasteiger partial charge < -0.3 is 10.0 Å². The van der Waals surface area contributed by atoms with Crippen LogP contribution in [0.4, 0.5) is 0 Å². The molecule has 1 amide bonds. The molecular weight excluding hydrogens is 346 g/mol. The largest absolute Gasteiger partial charge is 0.385 e. The summed E-state index contributed by atoms with van der Waals surface area (Å²) < 4.78 is 0. The van der Waals surface area contributed by atoms with Crippen molar-refractivity contribution in [3.63, 3.8) is 0 Å². The van der Waals surface area contributed by atoms with E-state index in [1.54, 1.807) is 0 Å². The van der Waals surface area contributed by atoms with E-state index >= 15 is 0 Å². The van der Waals surface area contributed by atoms with E-state index in [0.29, 0.717) is 19.4 Å². The number of carbonyl (C=O) groups is 1. The van der Waals surface area contributed by atoms with Crippen LogP contribution in [0, 0.1) is 12.8 Å². The Morgan fingerprint density at radius 3 is 2.57 bits per heavy atom. The number of amides is 1. The number of rotatable bonds is 4. The van der Waals surface area contributed by atoms with Crippen LogP contribution in [0.1, 0.15) is 55.2 Å². The van der Waals surface area contributed by atoms with Gasteiger partial charge in [0.1, 0.15) is 0 Å². The smallest absolute Gasteiger partial charge is 0.223 e. The van der Waals surface area contributed by atoms with Gasteiger partial charge in [0.05, 0.1) is 5.60 Å². The highest BCUT2D eigenvalue weighted by molar-refractivity contribution is 5.77. The number of aryl methyl sites for hydroxylation is 2. The lowest BCUT2D eigenvalue weighted by Crippen LogP contribution is -2.59. The van der Waals surface area contributed by atoms with Crippen LogP contribution < -0.4 is 0 Å². The number of aliphatic hydroxyl groups is 1. The fourth-order valence-electron chi connectivity index (χ4n) is 5.35. The minimum absolute atomic E-state index is 0.139. The fraction of sp³-hybridized carbons (Fsp3) is 0.480. The van der Waals surface area contributed by atoms with Gasteiger partial charge in [-0.15, -0.1) is 0 Å². The van der Waals surface area contributed by atoms with Gasteiger partial charge >= 0.3 is 0 Å². The van der Waals surface area contributed by atoms with Gasteiger partial charge in [-0.2, -0.15) is 0 Å². The van der Waals surface area contributed by atoms with Gasteiger partial charge in [0.15, 0.2) is 0 Å². The van der Waals surface area contributed by atoms with Crippen molar-refractivity contribution < 1.29 is 9.90 Å². The Kier molecular flexibility index (Phi) is 5.54. The molecule has 2 fully saturated rings. The van der Waals surface area contributed by atoms with E-state index in [0.717, 1.165) is 37.7 Å². The highest BCUT2D eigenvalue weighted by atomic mass is 16.3. The number of benzene rings is 2. The maximum absolute atomic E-state index is 13.1. The highest BCUT2D eigenvalue weighted by Crippen LogP contribution is 2.47. The van der Waals surface area contributed by atoms with E-state index in [1.807, 2.05) is 42.5 Å². The third-order valence-corrected chi connectivity index (χ3v) is 6.94. The minimum atomic E-state index is -0.806. The molecule has 2 aromatic carbocycles. The normalized spacial score (nSPS) is 27.3. The Morgan fingerprint density at radius 1 is 1.07 bits per heavy atom. The minimum Gasteiger partial charge on any atom is -0.385 e. The monoisotopic (exact) mass is 377 g/mol. The Bertz CT molecular complexity index is 818. The molecule has 0 bridgehead atoms. The van der Waals surface area contributed by atoms with Crippen molar-refractivity contribution in [3.8, 4) is 0 Å². The predicted molar refractivity (Wildman–Crippen MR) is 112 cm³/mol. The second-order valence-corrected chi connectivity index (χ2v) is 8.51. The second kappa shape index (κ2) is 8.08. The van der Waals surface area contributed by atoms with Crippen molar-refractivity contribution in [2.75, 3.05) is 6.54 Å². The first-order valence-electron chi connectivity index (χ1n) is 10.7. The van der Waals surface area contributed by atoms with Crippen LogP contribution >= 0.6 is 0 Å². The summed E-state index contributed by atoms with van der Waals surface area (Å²) in [5.41, 5.74) is 2.72. The van der Waals surface area contributed by atoms with Crippen LogP contribution in [0.15, 0.2) is 54.6 Å². The summed E-state index contributed by atoms with van der Waals surface area (Å²) in [4.78, 5) is 15.2. The number of hydrogen-bond acceptors (Lipinski definition) is 2. The summed E-state index contributed by atoms with van der Waals surface area (Å²) in [6, 6.07) is 18.6. The summed E-state index contributed by atoms with van der Waals surface area (Å²) >= 11 is 0. The molecule has 1 saturated carbocycles. The first kappa shape index (κ1) is 19.2. The molecule has 4 rings (SSSR count). The molecule has 0 spiro atoms. The summed E-state index contributed by atoms with van der Waals surface area (Å²) in [7, 11) is 0. The van der Waals surface area contributed by atoms with Crippen molar-refractivity contribution in [3.05, 3.63) is 71.3 Å². The van der Waals surface area contributed by atoms with Crippen LogP contribution in [0.3, 0.4) is 0 Å². The van der Waals surface area contributed by atoms with Gasteiger partial charge in [0.2, 0.25) is 5.91 Å². The van der Waals surface area contributed by atoms with Gasteiger partial charge in [-0.3, -0.25) is 4.79 Å². The van der Waals surface area contributed by atoms with E-state index in [4.69, 9.17) is 0 Å². The van der Waals surface area contributed by atoms with Gasteiger partial charge in [0, 0.05) is 24.9 Å². The molecule has 1 aliphatic carbocycles. The number of likely N-dealkylation sites (tertiary alicyclic amines) is 1. The van der Waals surface area contributed by atoms with Crippen LogP contribution in [0.25, 0.3) is 0 Å². The van der Waals surface area contributed by atoms with Crippen molar-refractivity contribution in [1.82, 2.24) is 4.90 Å². The molecule has 1 saturated heterocycles. The predicted octanol–water partition coefficient (Wildman–Crippen LogP) is 4.61. The molecular formula is C25H31NO2. The molecule has 1 heterocycles. The van der Waals surface area contributed by atoms with Gasteiger partial charge in [0.25, 0.3) is 0 Å². The summed E-state index contributed by atoms with van der Waals surface area (Å²) in [6.07, 6.45) is 6.27. The quantitative estimate of drug-likeness (QED) is 0.845. The van der Waals surface area contributed by atoms with Crippen LogP contribution in [0.5, 0.6) is 0 Å². The molecule has 1 N–H and O–H groups in total. The number of piperidine rings is 1. The molecule has 0 radical (unpaired) electrons. The fourth-order valence-corrected chi connectivity index (χ4v) is 5.35. The van der Waals surface area contributed by atoms with E-state index in [2.05, 4.69) is 24.0 Å². The Labute approximate surface area is 168 Å². The SMILES string of the molecule is Cc1ccccc1CCC(=O)N1CCC(O)(c2ccccc2)[C@@H]2CCCC[C@H]21. The first-order chi connectivity index (χ1) is 13.6. The van der Waals surface area contributed by atoms with E-state index in [9.17, 15) is 9.90 Å². The third kappa shape index (κ3) is 3.60. The molecule has 3 atom stereocenters. The van der Waals surface area contributed by atoms with Crippen molar-refractivity contribution >= 4 is 5.91 Å². The van der Waals surface area contributed by atoms with Crippen molar-refractivity contribution in [2.45, 2.75) is 63.5 Å². The Hall–Kier alpha value is -2.13. The van der Waals surface area contributed by atoms with Gasteiger partial charge in [-0.1, -0.05) is 67.4 Å². The molecule has 3 heteroatoms. The molecule has 0 aromatic heterocycles. The van der Waals surface area contributed by atoms with Crippen molar-refractivity contribution in [1.29, 1.82) is 0 Å². The molecule has 148 valence electrons. The number of nitrogens with zero attached hydrogens (tertiary/aromatic N) is 1. The summed E-state index contributed by atoms with van der Waals surface area (Å²) in [5, 5.41) is 11.6. The van der Waals surface area contributed by atoms with Crippen molar-refractivity contribution in [2.24, 2.45) is 5.92 Å². The van der Waals surface area contributed by atoms with Crippen LogP contribution in [0.2, 0.25) is 0 Å². The average molecular weight is 378 g/mol. The Morgan fingerprint density at radius 2 is 1.79 bits per heavy atom. The molecule has 2 aromatic rings. The van der Waals surface area contributed by atoms with Gasteiger partial charge in [-0.25, -0.2) is 0 Å². The molecule has 28 heavy (non-hydrogen) atoms. The molecule has 1 aliphatic heterocycles. The lowest BCUT2D eigenvalue weighted by Gasteiger charge is -2.52. The molecule has 3 nitrogen and oxygen atoms in total. The lowest BCUT2D eigenvalue weighted by molar-refractivity contribution is -0.154. The van der Waals surface area contributed by atoms with Crippen LogP contribution in [-0.4, -0.2) is 28.5 Å². The first-order valence-corrected chi connectivity index (χ1v) is 10.7. The third-order valence-electron chi connectivity index (χ3n) is 6.94. The topological polar surface area (TPSA) is 40.5 Å². The lowest BCUT2D eigenvalue weighted by atomic mass is 9.66. The maximum Gasteiger partial charge on any atom is 0.223 e. The number of fused-ring (bicyclic) bond motifs is 1. The molecule has 2 aliphatic rings. The number of hydrogen-bond donors (Lipinski definition) is 1. The zero-order valence-electron chi connectivity index (χ0n) is 16.8. The Balaban J connectivity index is 1.50. The second-order valence-electron chi connectivity index (χ2n) is 8.51. The summed E-state index contributed by atoms with van der Waals surface area (Å²) in [5.74, 6) is 0.384. The van der Waals surface area contributed by atoms with E-state index < -0.39 is 5.60 Å². The average Bonchev–Trinajstić information content (AvgIpc) is 2.74. The van der Waals surface area contributed by atoms with E-state index in [-0.39, 0.29) is 17.9 Å². The zero-order chi connectivity index (χ0) is 19.6. The molecule has 1 unspecified atom stereocenters. The zero-order valence-corrected chi connectivity index (χ0v) is 16.8. The maximum atomic E-state index is 13.1. The summed E-state index contributed by atoms with van der Waals surface area (Å²) in [6.45, 7) is 2.76. The standard InChI is InChI=1S/C25H31NO2/c1-19-9-5-6-10-20(19)15-16-24(27)26-18-17-25(28,21-11-3-2-4-12-21)22-13-7-8-14-23(22)26/h2-6,9-12,22-23,28H,7-8,13-18H2,1H3/t22-,23-,25?/m1/s1. The van der Waals surface area contributed by atoms with Crippen LogP contribution in [-0.2, 0) is 16.8 Å².